The molecular formula is C13H27N. The maximum Gasteiger partial charge on any atom is 0.00980 e. The van der Waals surface area contributed by atoms with E-state index in [0.717, 1.165) is 17.9 Å². The second-order valence-electron chi connectivity index (χ2n) is 4.96. The Kier molecular flexibility index (Phi) is 4.94. The number of hydrogen-bond donors (Lipinski definition) is 0. The molecule has 0 aromatic rings. The fourth-order valence-electron chi connectivity index (χ4n) is 2.81. The summed E-state index contributed by atoms with van der Waals surface area (Å²) in [4.78, 5) is 2.73. The van der Waals surface area contributed by atoms with Gasteiger partial charge in [0.05, 0.1) is 0 Å². The highest BCUT2D eigenvalue weighted by atomic mass is 15.2. The van der Waals surface area contributed by atoms with Crippen LogP contribution in [0.3, 0.4) is 0 Å². The molecule has 0 amide bonds. The van der Waals surface area contributed by atoms with Gasteiger partial charge in [-0.25, -0.2) is 0 Å². The molecule has 2 fully saturated rings. The van der Waals surface area contributed by atoms with Gasteiger partial charge in [0.15, 0.2) is 0 Å². The predicted molar refractivity (Wildman–Crippen MR) is 63.5 cm³/mol. The Morgan fingerprint density at radius 2 is 1.64 bits per heavy atom. The van der Waals surface area contributed by atoms with Gasteiger partial charge in [-0.05, 0) is 44.1 Å². The summed E-state index contributed by atoms with van der Waals surface area (Å²) in [6.45, 7) is 11.6. The van der Waals surface area contributed by atoms with Crippen molar-refractivity contribution in [2.45, 2.75) is 59.4 Å². The van der Waals surface area contributed by atoms with Crippen LogP contribution in [0.1, 0.15) is 53.4 Å². The van der Waals surface area contributed by atoms with Gasteiger partial charge in [-0.2, -0.15) is 0 Å². The van der Waals surface area contributed by atoms with Crippen molar-refractivity contribution in [3.63, 3.8) is 0 Å². The standard InChI is InChI=1S/C11H21N.C2H6/c1-9-5-6-12-8-10(2)3-4-11(12)7-9;1-2/h9-11H,3-8H2,1-2H3;1-2H3. The Balaban J connectivity index is 0.000000461. The summed E-state index contributed by atoms with van der Waals surface area (Å²) < 4.78 is 0. The molecule has 2 aliphatic heterocycles. The van der Waals surface area contributed by atoms with Gasteiger partial charge in [0.2, 0.25) is 0 Å². The SMILES string of the molecule is CC.CC1CCN2CC(C)CCC2C1. The minimum Gasteiger partial charge on any atom is -0.300 e. The molecule has 0 saturated carbocycles. The highest BCUT2D eigenvalue weighted by molar-refractivity contribution is 4.85. The van der Waals surface area contributed by atoms with Gasteiger partial charge in [-0.1, -0.05) is 27.7 Å². The van der Waals surface area contributed by atoms with E-state index in [1.807, 2.05) is 13.8 Å². The molecule has 0 spiro atoms. The lowest BCUT2D eigenvalue weighted by atomic mass is 9.84. The summed E-state index contributed by atoms with van der Waals surface area (Å²) in [7, 11) is 0. The third kappa shape index (κ3) is 2.98. The van der Waals surface area contributed by atoms with Gasteiger partial charge in [-0.15, -0.1) is 0 Å². The zero-order valence-electron chi connectivity index (χ0n) is 10.4. The summed E-state index contributed by atoms with van der Waals surface area (Å²) in [6.07, 6.45) is 5.83. The average molecular weight is 197 g/mol. The first-order chi connectivity index (χ1) is 6.75. The van der Waals surface area contributed by atoms with E-state index in [2.05, 4.69) is 18.7 Å². The van der Waals surface area contributed by atoms with E-state index in [-0.39, 0.29) is 0 Å². The molecule has 0 radical (unpaired) electrons. The zero-order valence-corrected chi connectivity index (χ0v) is 10.4. The van der Waals surface area contributed by atoms with Crippen LogP contribution < -0.4 is 0 Å². The molecule has 1 nitrogen and oxygen atoms in total. The lowest BCUT2D eigenvalue weighted by molar-refractivity contribution is 0.0600. The Labute approximate surface area is 89.9 Å². The first kappa shape index (κ1) is 12.0. The highest BCUT2D eigenvalue weighted by Gasteiger charge is 2.30. The first-order valence-corrected chi connectivity index (χ1v) is 6.49. The molecule has 2 saturated heterocycles. The average Bonchev–Trinajstić information content (AvgIpc) is 2.21. The van der Waals surface area contributed by atoms with Crippen molar-refractivity contribution in [2.24, 2.45) is 11.8 Å². The van der Waals surface area contributed by atoms with E-state index < -0.39 is 0 Å². The Morgan fingerprint density at radius 3 is 2.36 bits per heavy atom. The largest absolute Gasteiger partial charge is 0.300 e. The molecule has 84 valence electrons. The van der Waals surface area contributed by atoms with Crippen molar-refractivity contribution in [2.75, 3.05) is 13.1 Å². The van der Waals surface area contributed by atoms with Gasteiger partial charge >= 0.3 is 0 Å². The topological polar surface area (TPSA) is 3.24 Å². The molecular weight excluding hydrogens is 170 g/mol. The van der Waals surface area contributed by atoms with Crippen LogP contribution in [0.5, 0.6) is 0 Å². The van der Waals surface area contributed by atoms with Crippen LogP contribution in [-0.4, -0.2) is 24.0 Å². The van der Waals surface area contributed by atoms with Crippen molar-refractivity contribution in [1.82, 2.24) is 4.90 Å². The van der Waals surface area contributed by atoms with Crippen molar-refractivity contribution in [3.8, 4) is 0 Å². The van der Waals surface area contributed by atoms with Gasteiger partial charge < -0.3 is 4.90 Å². The van der Waals surface area contributed by atoms with Gasteiger partial charge in [-0.3, -0.25) is 0 Å². The van der Waals surface area contributed by atoms with Gasteiger partial charge in [0.25, 0.3) is 0 Å². The molecule has 0 bridgehead atoms. The van der Waals surface area contributed by atoms with Crippen molar-refractivity contribution < 1.29 is 0 Å². The lowest BCUT2D eigenvalue weighted by Gasteiger charge is -2.43. The Bertz CT molecular complexity index is 137. The molecule has 3 atom stereocenters. The minimum absolute atomic E-state index is 0.949. The molecule has 2 aliphatic rings. The molecule has 0 N–H and O–H groups in total. The number of rotatable bonds is 0. The summed E-state index contributed by atoms with van der Waals surface area (Å²) in [5, 5.41) is 0. The summed E-state index contributed by atoms with van der Waals surface area (Å²) >= 11 is 0. The fourth-order valence-corrected chi connectivity index (χ4v) is 2.81. The minimum atomic E-state index is 0.949. The molecule has 2 rings (SSSR count). The quantitative estimate of drug-likeness (QED) is 0.574. The van der Waals surface area contributed by atoms with E-state index in [1.165, 1.54) is 38.8 Å². The van der Waals surface area contributed by atoms with E-state index in [9.17, 15) is 0 Å². The molecule has 1 heteroatoms. The second-order valence-corrected chi connectivity index (χ2v) is 4.96. The van der Waals surface area contributed by atoms with E-state index in [0.29, 0.717) is 0 Å². The molecule has 14 heavy (non-hydrogen) atoms. The van der Waals surface area contributed by atoms with Crippen LogP contribution in [0.2, 0.25) is 0 Å². The highest BCUT2D eigenvalue weighted by Crippen LogP contribution is 2.31. The normalized spacial score (nSPS) is 38.1. The molecule has 0 aromatic heterocycles. The molecule has 0 aromatic carbocycles. The van der Waals surface area contributed by atoms with Crippen LogP contribution in [0, 0.1) is 11.8 Å². The van der Waals surface area contributed by atoms with E-state index in [1.54, 1.807) is 0 Å². The first-order valence-electron chi connectivity index (χ1n) is 6.49. The number of piperidine rings is 2. The van der Waals surface area contributed by atoms with Crippen molar-refractivity contribution in [3.05, 3.63) is 0 Å². The van der Waals surface area contributed by atoms with Crippen LogP contribution in [0.15, 0.2) is 0 Å². The number of fused-ring (bicyclic) bond motifs is 1. The van der Waals surface area contributed by atoms with Crippen LogP contribution in [-0.2, 0) is 0 Å². The van der Waals surface area contributed by atoms with Crippen molar-refractivity contribution in [1.29, 1.82) is 0 Å². The molecule has 3 unspecified atom stereocenters. The zero-order chi connectivity index (χ0) is 10.6. The summed E-state index contributed by atoms with van der Waals surface area (Å²) in [5.41, 5.74) is 0. The van der Waals surface area contributed by atoms with E-state index >= 15 is 0 Å². The Morgan fingerprint density at radius 1 is 0.929 bits per heavy atom. The van der Waals surface area contributed by atoms with Crippen LogP contribution in [0.25, 0.3) is 0 Å². The lowest BCUT2D eigenvalue weighted by Crippen LogP contribution is -2.47. The van der Waals surface area contributed by atoms with Gasteiger partial charge in [0, 0.05) is 12.6 Å². The van der Waals surface area contributed by atoms with Gasteiger partial charge in [0.1, 0.15) is 0 Å². The summed E-state index contributed by atoms with van der Waals surface area (Å²) in [6, 6.07) is 0.949. The third-order valence-corrected chi connectivity index (χ3v) is 3.64. The third-order valence-electron chi connectivity index (χ3n) is 3.64. The maximum absolute atomic E-state index is 2.73. The maximum atomic E-state index is 2.73. The van der Waals surface area contributed by atoms with Crippen molar-refractivity contribution >= 4 is 0 Å². The monoisotopic (exact) mass is 197 g/mol. The molecule has 2 heterocycles. The number of hydrogen-bond acceptors (Lipinski definition) is 1. The smallest absolute Gasteiger partial charge is 0.00980 e. The van der Waals surface area contributed by atoms with Crippen LogP contribution in [0.4, 0.5) is 0 Å². The Hall–Kier alpha value is -0.0400. The fraction of sp³-hybridized carbons (Fsp3) is 1.00. The van der Waals surface area contributed by atoms with Crippen LogP contribution >= 0.6 is 0 Å². The summed E-state index contributed by atoms with van der Waals surface area (Å²) in [5.74, 6) is 1.94. The number of nitrogens with zero attached hydrogens (tertiary/aromatic N) is 1. The van der Waals surface area contributed by atoms with E-state index in [4.69, 9.17) is 0 Å². The molecule has 0 aliphatic carbocycles. The predicted octanol–water partition coefficient (Wildman–Crippen LogP) is 3.54. The second kappa shape index (κ2) is 5.75.